The summed E-state index contributed by atoms with van der Waals surface area (Å²) in [6.07, 6.45) is 50.0. The van der Waals surface area contributed by atoms with E-state index in [0.29, 0.717) is 6.61 Å². The minimum atomic E-state index is -2.42. The monoisotopic (exact) mass is 617 g/mol. The van der Waals surface area contributed by atoms with E-state index in [-0.39, 0.29) is 0 Å². The zero-order chi connectivity index (χ0) is 30.0. The number of rotatable bonds is 36. The molecule has 0 heterocycles. The molecule has 0 spiro atoms. The molecule has 1 unspecified atom stereocenters. The van der Waals surface area contributed by atoms with Crippen LogP contribution >= 0.6 is 0 Å². The zero-order valence-corrected chi connectivity index (χ0v) is 30.0. The Morgan fingerprint density at radius 3 is 0.707 bits per heavy atom. The molecule has 0 N–H and O–H groups in total. The van der Waals surface area contributed by atoms with Gasteiger partial charge in [-0.25, -0.2) is 4.21 Å². The molecule has 0 aliphatic carbocycles. The standard InChI is InChI=1S/C37H76O2S2/c1-3-4-5-6-7-8-9-10-11-12-13-14-15-16-17-18-19-20-21-22-23-24-25-26-27-28-29-30-31-32-33-34-35-36-37-39-41(2,38)40/h3-37H2,1-2H3. The summed E-state index contributed by atoms with van der Waals surface area (Å²) in [5.74, 6) is 0. The Labute approximate surface area is 265 Å². The molecule has 0 aliphatic heterocycles. The summed E-state index contributed by atoms with van der Waals surface area (Å²) in [4.78, 5) is 0. The van der Waals surface area contributed by atoms with Crippen molar-refractivity contribution in [3.63, 3.8) is 0 Å². The van der Waals surface area contributed by atoms with E-state index >= 15 is 0 Å². The minimum Gasteiger partial charge on any atom is -0.290 e. The van der Waals surface area contributed by atoms with Gasteiger partial charge in [-0.15, -0.1) is 0 Å². The van der Waals surface area contributed by atoms with Gasteiger partial charge in [-0.1, -0.05) is 219 Å². The van der Waals surface area contributed by atoms with Crippen LogP contribution in [0.15, 0.2) is 0 Å². The Hall–Kier alpha value is 0.330. The summed E-state index contributed by atoms with van der Waals surface area (Å²) in [7, 11) is -2.42. The Kier molecular flexibility index (Phi) is 35.1. The van der Waals surface area contributed by atoms with E-state index < -0.39 is 8.77 Å². The fraction of sp³-hybridized carbons (Fsp3) is 1.00. The highest BCUT2D eigenvalue weighted by Gasteiger charge is 1.99. The molecule has 0 bridgehead atoms. The largest absolute Gasteiger partial charge is 0.290 e. The molecule has 4 heteroatoms. The van der Waals surface area contributed by atoms with Crippen molar-refractivity contribution in [3.05, 3.63) is 0 Å². The molecule has 0 amide bonds. The van der Waals surface area contributed by atoms with Crippen LogP contribution in [0.1, 0.15) is 225 Å². The minimum absolute atomic E-state index is 0.554. The first-order valence-corrected chi connectivity index (χ1v) is 21.7. The van der Waals surface area contributed by atoms with Crippen molar-refractivity contribution >= 4 is 20.0 Å². The summed E-state index contributed by atoms with van der Waals surface area (Å²) in [6.45, 7) is 2.86. The first-order chi connectivity index (χ1) is 20.1. The highest BCUT2D eigenvalue weighted by Crippen LogP contribution is 2.17. The van der Waals surface area contributed by atoms with E-state index in [1.807, 2.05) is 0 Å². The van der Waals surface area contributed by atoms with Crippen LogP contribution in [0, 0.1) is 0 Å². The molecule has 0 aromatic carbocycles. The average molecular weight is 617 g/mol. The molecule has 0 fully saturated rings. The van der Waals surface area contributed by atoms with Crippen molar-refractivity contribution < 1.29 is 8.39 Å². The third-order valence-electron chi connectivity index (χ3n) is 8.80. The van der Waals surface area contributed by atoms with Crippen molar-refractivity contribution in [2.24, 2.45) is 0 Å². The molecule has 0 rings (SSSR count). The molecule has 0 saturated heterocycles. The molecule has 1 atom stereocenters. The van der Waals surface area contributed by atoms with Crippen LogP contribution in [0.2, 0.25) is 0 Å². The molecule has 248 valence electrons. The van der Waals surface area contributed by atoms with Gasteiger partial charge in [-0.05, 0) is 6.42 Å². The topological polar surface area (TPSA) is 26.3 Å². The van der Waals surface area contributed by atoms with Gasteiger partial charge in [0, 0.05) is 17.4 Å². The van der Waals surface area contributed by atoms with E-state index in [9.17, 15) is 4.21 Å². The summed E-state index contributed by atoms with van der Waals surface area (Å²) >= 11 is 4.75. The van der Waals surface area contributed by atoms with Crippen molar-refractivity contribution in [3.8, 4) is 0 Å². The fourth-order valence-corrected chi connectivity index (χ4v) is 6.67. The van der Waals surface area contributed by atoms with E-state index in [0.717, 1.165) is 6.42 Å². The Bertz CT molecular complexity index is 575. The molecule has 41 heavy (non-hydrogen) atoms. The van der Waals surface area contributed by atoms with Crippen molar-refractivity contribution in [2.45, 2.75) is 225 Å². The van der Waals surface area contributed by atoms with Crippen molar-refractivity contribution in [1.29, 1.82) is 0 Å². The van der Waals surface area contributed by atoms with Crippen LogP contribution in [0.4, 0.5) is 0 Å². The second kappa shape index (κ2) is 34.8. The normalized spacial score (nSPS) is 13.1. The lowest BCUT2D eigenvalue weighted by Crippen LogP contribution is -2.02. The molecule has 0 radical (unpaired) electrons. The quantitative estimate of drug-likeness (QED) is 0.0655. The van der Waals surface area contributed by atoms with Gasteiger partial charge in [0.05, 0.1) is 6.61 Å². The maximum atomic E-state index is 11.3. The second-order valence-electron chi connectivity index (χ2n) is 13.2. The SMILES string of the molecule is CCCCCCCCCCCCCCCCCCCCCCCCCCCCCCCCCCCCOS(C)(=O)=S. The maximum Gasteiger partial charge on any atom is 0.141 e. The average Bonchev–Trinajstić information content (AvgIpc) is 2.94. The third kappa shape index (κ3) is 40.3. The molecular formula is C37H76O2S2. The number of hydrogen-bond acceptors (Lipinski definition) is 3. The Morgan fingerprint density at radius 2 is 0.537 bits per heavy atom. The Morgan fingerprint density at radius 1 is 0.366 bits per heavy atom. The van der Waals surface area contributed by atoms with E-state index in [2.05, 4.69) is 6.92 Å². The molecule has 0 saturated carbocycles. The van der Waals surface area contributed by atoms with E-state index in [4.69, 9.17) is 15.4 Å². The third-order valence-corrected chi connectivity index (χ3v) is 9.68. The highest BCUT2D eigenvalue weighted by molar-refractivity contribution is 8.29. The summed E-state index contributed by atoms with van der Waals surface area (Å²) in [5, 5.41) is 0. The molecule has 2 nitrogen and oxygen atoms in total. The number of unbranched alkanes of at least 4 members (excludes halogenated alkanes) is 33. The van der Waals surface area contributed by atoms with E-state index in [1.54, 1.807) is 0 Å². The molecule has 0 aliphatic rings. The van der Waals surface area contributed by atoms with Crippen LogP contribution < -0.4 is 0 Å². The van der Waals surface area contributed by atoms with Crippen LogP contribution in [0.25, 0.3) is 0 Å². The van der Waals surface area contributed by atoms with Gasteiger partial charge in [-0.2, -0.15) is 0 Å². The molecular weight excluding hydrogens is 541 g/mol. The lowest BCUT2D eigenvalue weighted by Gasteiger charge is -2.05. The van der Waals surface area contributed by atoms with Gasteiger partial charge in [-0.3, -0.25) is 4.18 Å². The molecule has 0 aromatic rings. The van der Waals surface area contributed by atoms with Gasteiger partial charge in [0.25, 0.3) is 0 Å². The van der Waals surface area contributed by atoms with Crippen LogP contribution in [0.3, 0.4) is 0 Å². The molecule has 0 aromatic heterocycles. The van der Waals surface area contributed by atoms with Crippen LogP contribution in [-0.2, 0) is 24.1 Å². The van der Waals surface area contributed by atoms with Gasteiger partial charge in [0.1, 0.15) is 8.77 Å². The van der Waals surface area contributed by atoms with Gasteiger partial charge >= 0.3 is 0 Å². The second-order valence-corrected chi connectivity index (χ2v) is 16.7. The fourth-order valence-electron chi connectivity index (χ4n) is 6.04. The summed E-state index contributed by atoms with van der Waals surface area (Å²) in [5.41, 5.74) is 0. The van der Waals surface area contributed by atoms with Crippen LogP contribution in [-0.4, -0.2) is 17.1 Å². The summed E-state index contributed by atoms with van der Waals surface area (Å²) < 4.78 is 16.4. The predicted molar refractivity (Wildman–Crippen MR) is 190 cm³/mol. The lowest BCUT2D eigenvalue weighted by atomic mass is 10.0. The van der Waals surface area contributed by atoms with Crippen molar-refractivity contribution in [1.82, 2.24) is 0 Å². The zero-order valence-electron chi connectivity index (χ0n) is 28.4. The van der Waals surface area contributed by atoms with Crippen molar-refractivity contribution in [2.75, 3.05) is 12.9 Å². The smallest absolute Gasteiger partial charge is 0.141 e. The van der Waals surface area contributed by atoms with Gasteiger partial charge in [0.15, 0.2) is 0 Å². The van der Waals surface area contributed by atoms with Crippen LogP contribution in [0.5, 0.6) is 0 Å². The van der Waals surface area contributed by atoms with E-state index in [1.165, 1.54) is 218 Å². The Balaban J connectivity index is 3.05. The lowest BCUT2D eigenvalue weighted by molar-refractivity contribution is 0.333. The first-order valence-electron chi connectivity index (χ1n) is 18.9. The number of hydrogen-bond donors (Lipinski definition) is 0. The maximum absolute atomic E-state index is 11.3. The predicted octanol–water partition coefficient (Wildman–Crippen LogP) is 13.6. The first kappa shape index (κ1) is 41.3. The summed E-state index contributed by atoms with van der Waals surface area (Å²) in [6, 6.07) is 0. The van der Waals surface area contributed by atoms with Gasteiger partial charge in [0.2, 0.25) is 0 Å². The van der Waals surface area contributed by atoms with Gasteiger partial charge < -0.3 is 0 Å². The highest BCUT2D eigenvalue weighted by atomic mass is 32.8.